The molecule has 0 aromatic carbocycles. The normalized spacial score (nSPS) is 20.5. The largest absolute Gasteiger partial charge is 0.289 e. The highest BCUT2D eigenvalue weighted by Crippen LogP contribution is 2.23. The highest BCUT2D eigenvalue weighted by molar-refractivity contribution is 6.10. The first-order chi connectivity index (χ1) is 10.4. The van der Waals surface area contributed by atoms with E-state index in [-0.39, 0.29) is 11.6 Å². The summed E-state index contributed by atoms with van der Waals surface area (Å²) in [5.74, 6) is 0.260. The van der Waals surface area contributed by atoms with Crippen LogP contribution in [0.1, 0.15) is 40.5 Å². The molecular formula is C20H22O2. The molecule has 2 nitrogen and oxygen atoms in total. The predicted molar refractivity (Wildman–Crippen MR) is 90.4 cm³/mol. The lowest BCUT2D eigenvalue weighted by Gasteiger charge is -2.12. The van der Waals surface area contributed by atoms with Gasteiger partial charge in [-0.15, -0.1) is 0 Å². The minimum Gasteiger partial charge on any atom is -0.289 e. The lowest BCUT2D eigenvalue weighted by atomic mass is 9.91. The fourth-order valence-corrected chi connectivity index (χ4v) is 2.70. The smallest absolute Gasteiger partial charge is 0.184 e. The molecule has 2 aliphatic carbocycles. The molecule has 0 saturated carbocycles. The van der Waals surface area contributed by atoms with Gasteiger partial charge in [-0.1, -0.05) is 25.5 Å². The molecule has 0 heterocycles. The van der Waals surface area contributed by atoms with E-state index in [4.69, 9.17) is 0 Å². The molecule has 0 aromatic heterocycles. The summed E-state index contributed by atoms with van der Waals surface area (Å²) >= 11 is 0. The molecule has 0 atom stereocenters. The molecule has 0 radical (unpaired) electrons. The zero-order chi connectivity index (χ0) is 16.3. The molecule has 2 aliphatic rings. The summed E-state index contributed by atoms with van der Waals surface area (Å²) in [6.45, 7) is 7.61. The third-order valence-electron chi connectivity index (χ3n) is 3.84. The van der Waals surface area contributed by atoms with Crippen molar-refractivity contribution in [3.8, 4) is 0 Å². The van der Waals surface area contributed by atoms with E-state index >= 15 is 0 Å². The van der Waals surface area contributed by atoms with Gasteiger partial charge in [0, 0.05) is 5.57 Å². The second kappa shape index (κ2) is 6.69. The maximum absolute atomic E-state index is 12.1. The Morgan fingerprint density at radius 2 is 1.23 bits per heavy atom. The van der Waals surface area contributed by atoms with Gasteiger partial charge in [0.15, 0.2) is 11.6 Å². The Morgan fingerprint density at radius 1 is 0.773 bits per heavy atom. The van der Waals surface area contributed by atoms with Crippen molar-refractivity contribution < 1.29 is 9.59 Å². The third kappa shape index (κ3) is 3.51. The SMILES string of the molecule is CCCC1=CC(=CC=C2C=C(C)C(=O)C(C)=C2)C=C(C)C1=O. The van der Waals surface area contributed by atoms with Crippen molar-refractivity contribution in [1.29, 1.82) is 0 Å². The molecule has 0 aliphatic heterocycles. The van der Waals surface area contributed by atoms with E-state index in [1.165, 1.54) is 0 Å². The van der Waals surface area contributed by atoms with Crippen LogP contribution in [0, 0.1) is 0 Å². The van der Waals surface area contributed by atoms with Crippen LogP contribution in [0.2, 0.25) is 0 Å². The standard InChI is InChI=1S/C20H22O2/c1-5-6-18-12-17(11-15(4)20(18)22)8-7-16-9-13(2)19(21)14(3)10-16/h7-12H,5-6H2,1-4H3. The molecule has 0 saturated heterocycles. The van der Waals surface area contributed by atoms with Gasteiger partial charge in [-0.3, -0.25) is 9.59 Å². The van der Waals surface area contributed by atoms with Crippen LogP contribution < -0.4 is 0 Å². The summed E-state index contributed by atoms with van der Waals surface area (Å²) in [7, 11) is 0. The molecule has 2 rings (SSSR count). The van der Waals surface area contributed by atoms with Gasteiger partial charge in [-0.25, -0.2) is 0 Å². The minimum absolute atomic E-state index is 0.105. The lowest BCUT2D eigenvalue weighted by Crippen LogP contribution is -2.08. The second-order valence-electron chi connectivity index (χ2n) is 5.89. The molecule has 0 bridgehead atoms. The molecule has 0 fully saturated rings. The van der Waals surface area contributed by atoms with Crippen molar-refractivity contribution in [2.75, 3.05) is 0 Å². The Balaban J connectivity index is 2.32. The number of carbonyl (C=O) groups is 2. The number of carbonyl (C=O) groups excluding carboxylic acids is 2. The second-order valence-corrected chi connectivity index (χ2v) is 5.89. The van der Waals surface area contributed by atoms with Gasteiger partial charge in [-0.2, -0.15) is 0 Å². The zero-order valence-corrected chi connectivity index (χ0v) is 13.7. The van der Waals surface area contributed by atoms with Gasteiger partial charge in [0.1, 0.15) is 0 Å². The summed E-state index contributed by atoms with van der Waals surface area (Å²) in [4.78, 5) is 23.8. The monoisotopic (exact) mass is 294 g/mol. The third-order valence-corrected chi connectivity index (χ3v) is 3.84. The Labute approximate surface area is 132 Å². The maximum Gasteiger partial charge on any atom is 0.184 e. The molecule has 0 spiro atoms. The van der Waals surface area contributed by atoms with Crippen LogP contribution in [-0.2, 0) is 9.59 Å². The predicted octanol–water partition coefficient (Wildman–Crippen LogP) is 4.57. The molecule has 0 aromatic rings. The van der Waals surface area contributed by atoms with E-state index in [1.807, 2.05) is 57.2 Å². The van der Waals surface area contributed by atoms with Crippen LogP contribution in [-0.4, -0.2) is 11.6 Å². The number of rotatable bonds is 3. The summed E-state index contributed by atoms with van der Waals surface area (Å²) in [6.07, 6.45) is 13.5. The van der Waals surface area contributed by atoms with Crippen LogP contribution in [0.4, 0.5) is 0 Å². The highest BCUT2D eigenvalue weighted by Gasteiger charge is 2.16. The quantitative estimate of drug-likeness (QED) is 0.764. The minimum atomic E-state index is 0.105. The number of Topliss-reactive ketones (excluding diaryl/α,β-unsaturated/α-hetero) is 2. The van der Waals surface area contributed by atoms with Crippen molar-refractivity contribution in [2.24, 2.45) is 0 Å². The Morgan fingerprint density at radius 3 is 1.73 bits per heavy atom. The van der Waals surface area contributed by atoms with Crippen molar-refractivity contribution in [3.63, 3.8) is 0 Å². The topological polar surface area (TPSA) is 34.1 Å². The molecule has 2 heteroatoms. The van der Waals surface area contributed by atoms with Gasteiger partial charge < -0.3 is 0 Å². The Hall–Kier alpha value is -2.22. The molecule has 114 valence electrons. The van der Waals surface area contributed by atoms with E-state index in [2.05, 4.69) is 6.92 Å². The fraction of sp³-hybridized carbons (Fsp3) is 0.300. The number of allylic oxidation sites excluding steroid dienone is 12. The van der Waals surface area contributed by atoms with Crippen LogP contribution in [0.25, 0.3) is 0 Å². The Kier molecular flexibility index (Phi) is 4.92. The van der Waals surface area contributed by atoms with Gasteiger partial charge in [0.2, 0.25) is 0 Å². The first-order valence-electron chi connectivity index (χ1n) is 7.69. The van der Waals surface area contributed by atoms with Crippen LogP contribution in [0.3, 0.4) is 0 Å². The van der Waals surface area contributed by atoms with Crippen LogP contribution in [0.15, 0.2) is 69.9 Å². The number of hydrogen-bond donors (Lipinski definition) is 0. The van der Waals surface area contributed by atoms with Crippen molar-refractivity contribution in [3.05, 3.63) is 69.9 Å². The molecular weight excluding hydrogens is 272 g/mol. The summed E-state index contributed by atoms with van der Waals surface area (Å²) in [6, 6.07) is 0. The number of hydrogen-bond acceptors (Lipinski definition) is 2. The van der Waals surface area contributed by atoms with Gasteiger partial charge in [0.05, 0.1) is 0 Å². The van der Waals surface area contributed by atoms with E-state index in [0.29, 0.717) is 0 Å². The number of ketones is 2. The maximum atomic E-state index is 12.1. The molecule has 0 N–H and O–H groups in total. The average molecular weight is 294 g/mol. The van der Waals surface area contributed by atoms with Crippen molar-refractivity contribution >= 4 is 11.6 Å². The summed E-state index contributed by atoms with van der Waals surface area (Å²) < 4.78 is 0. The van der Waals surface area contributed by atoms with Gasteiger partial charge in [0.25, 0.3) is 0 Å². The molecule has 22 heavy (non-hydrogen) atoms. The first-order valence-corrected chi connectivity index (χ1v) is 7.69. The van der Waals surface area contributed by atoms with E-state index in [1.54, 1.807) is 0 Å². The lowest BCUT2D eigenvalue weighted by molar-refractivity contribution is -0.113. The van der Waals surface area contributed by atoms with Crippen LogP contribution in [0.5, 0.6) is 0 Å². The Bertz CT molecular complexity index is 680. The zero-order valence-electron chi connectivity index (χ0n) is 13.7. The highest BCUT2D eigenvalue weighted by atomic mass is 16.1. The van der Waals surface area contributed by atoms with E-state index in [0.717, 1.165) is 46.3 Å². The van der Waals surface area contributed by atoms with Gasteiger partial charge in [-0.05, 0) is 79.4 Å². The van der Waals surface area contributed by atoms with Crippen molar-refractivity contribution in [1.82, 2.24) is 0 Å². The average Bonchev–Trinajstić information content (AvgIpc) is 2.47. The van der Waals surface area contributed by atoms with E-state index in [9.17, 15) is 9.59 Å². The summed E-state index contributed by atoms with van der Waals surface area (Å²) in [5.41, 5.74) is 5.23. The van der Waals surface area contributed by atoms with Gasteiger partial charge >= 0.3 is 0 Å². The van der Waals surface area contributed by atoms with Crippen LogP contribution >= 0.6 is 0 Å². The molecule has 0 amide bonds. The first kappa shape index (κ1) is 16.2. The van der Waals surface area contributed by atoms with Crippen molar-refractivity contribution in [2.45, 2.75) is 40.5 Å². The summed E-state index contributed by atoms with van der Waals surface area (Å²) in [5, 5.41) is 0. The molecule has 0 unspecified atom stereocenters. The van der Waals surface area contributed by atoms with E-state index < -0.39 is 0 Å². The fourth-order valence-electron chi connectivity index (χ4n) is 2.70.